The van der Waals surface area contributed by atoms with Crippen LogP contribution in [0.1, 0.15) is 16.7 Å². The van der Waals surface area contributed by atoms with E-state index in [-0.39, 0.29) is 58.9 Å². The molecule has 35 heavy (non-hydrogen) atoms. The van der Waals surface area contributed by atoms with Crippen LogP contribution < -0.4 is 16.0 Å². The molecule has 5 N–H and O–H groups in total. The van der Waals surface area contributed by atoms with Crippen molar-refractivity contribution >= 4 is 28.9 Å². The second-order valence-electron chi connectivity index (χ2n) is 8.04. The Kier molecular flexibility index (Phi) is 6.49. The molecule has 0 fully saturated rings. The first-order valence-corrected chi connectivity index (χ1v) is 10.6. The van der Waals surface area contributed by atoms with Gasteiger partial charge in [0.15, 0.2) is 0 Å². The van der Waals surface area contributed by atoms with E-state index >= 15 is 0 Å². The van der Waals surface area contributed by atoms with Gasteiger partial charge in [-0.2, -0.15) is 4.91 Å². The van der Waals surface area contributed by atoms with E-state index in [1.54, 1.807) is 0 Å². The number of phenolic OH excluding ortho intramolecular Hbond substituents is 1. The summed E-state index contributed by atoms with van der Waals surface area (Å²) in [7, 11) is 0. The predicted octanol–water partition coefficient (Wildman–Crippen LogP) is 3.01. The SMILES string of the molecule is C=C(CN=O)C(=O)N1CC(Nc2ncnc(N)c2C(=N)c2cc(O)cc(F)c2)Cc2ccccc21. The number of nitrogens with one attached hydrogen (secondary N) is 2. The molecule has 1 aliphatic heterocycles. The van der Waals surface area contributed by atoms with Crippen LogP contribution in [0.2, 0.25) is 0 Å². The van der Waals surface area contributed by atoms with Gasteiger partial charge in [-0.3, -0.25) is 10.2 Å². The molecule has 4 rings (SSSR count). The Morgan fingerprint density at radius 1 is 1.31 bits per heavy atom. The van der Waals surface area contributed by atoms with Crippen molar-refractivity contribution in [3.8, 4) is 5.75 Å². The molecule has 0 radical (unpaired) electrons. The van der Waals surface area contributed by atoms with Gasteiger partial charge in [-0.1, -0.05) is 30.0 Å². The molecule has 0 aliphatic carbocycles. The molecule has 0 saturated heterocycles. The van der Waals surface area contributed by atoms with Gasteiger partial charge < -0.3 is 21.1 Å². The van der Waals surface area contributed by atoms with Gasteiger partial charge in [0.2, 0.25) is 0 Å². The summed E-state index contributed by atoms with van der Waals surface area (Å²) < 4.78 is 13.9. The van der Waals surface area contributed by atoms with Gasteiger partial charge in [-0.25, -0.2) is 14.4 Å². The van der Waals surface area contributed by atoms with Crippen LogP contribution in [0.15, 0.2) is 66.1 Å². The number of phenols is 1. The van der Waals surface area contributed by atoms with Gasteiger partial charge in [0.05, 0.1) is 11.3 Å². The largest absolute Gasteiger partial charge is 0.508 e. The number of nitrogens with zero attached hydrogens (tertiary/aromatic N) is 4. The Morgan fingerprint density at radius 3 is 2.83 bits per heavy atom. The lowest BCUT2D eigenvalue weighted by Gasteiger charge is -2.35. The summed E-state index contributed by atoms with van der Waals surface area (Å²) in [4.78, 5) is 33.4. The zero-order chi connectivity index (χ0) is 25.1. The molecule has 1 atom stereocenters. The number of halogens is 1. The van der Waals surface area contributed by atoms with Crippen LogP contribution in [0.25, 0.3) is 0 Å². The third kappa shape index (κ3) is 4.83. The third-order valence-corrected chi connectivity index (χ3v) is 5.59. The number of carbonyl (C=O) groups excluding carboxylic acids is 1. The minimum atomic E-state index is -0.710. The molecule has 1 aliphatic rings. The first kappa shape index (κ1) is 23.5. The molecule has 1 aromatic heterocycles. The number of hydrogen-bond donors (Lipinski definition) is 4. The zero-order valence-electron chi connectivity index (χ0n) is 18.5. The first-order chi connectivity index (χ1) is 16.8. The van der Waals surface area contributed by atoms with Gasteiger partial charge in [-0.15, -0.1) is 0 Å². The number of nitrogens with two attached hydrogens (primary N) is 1. The van der Waals surface area contributed by atoms with E-state index in [0.29, 0.717) is 12.1 Å². The van der Waals surface area contributed by atoms with Gasteiger partial charge in [0, 0.05) is 35.5 Å². The van der Waals surface area contributed by atoms with Crippen LogP contribution >= 0.6 is 0 Å². The number of aromatic hydroxyl groups is 1. The molecule has 0 saturated carbocycles. The van der Waals surface area contributed by atoms with Crippen molar-refractivity contribution in [3.05, 3.63) is 88.4 Å². The molecule has 2 heterocycles. The summed E-state index contributed by atoms with van der Waals surface area (Å²) in [5.74, 6) is -1.26. The smallest absolute Gasteiger partial charge is 0.255 e. The van der Waals surface area contributed by atoms with Gasteiger partial charge in [0.1, 0.15) is 36.1 Å². The maximum atomic E-state index is 13.9. The Labute approximate surface area is 199 Å². The van der Waals surface area contributed by atoms with Crippen molar-refractivity contribution in [2.24, 2.45) is 5.18 Å². The molecule has 0 spiro atoms. The maximum Gasteiger partial charge on any atom is 0.255 e. The van der Waals surface area contributed by atoms with Crippen molar-refractivity contribution in [3.63, 3.8) is 0 Å². The second kappa shape index (κ2) is 9.67. The van der Waals surface area contributed by atoms with E-state index < -0.39 is 11.7 Å². The molecule has 0 bridgehead atoms. The highest BCUT2D eigenvalue weighted by Gasteiger charge is 2.30. The van der Waals surface area contributed by atoms with E-state index in [0.717, 1.165) is 17.7 Å². The van der Waals surface area contributed by atoms with Crippen molar-refractivity contribution in [2.75, 3.05) is 29.0 Å². The number of anilines is 3. The minimum Gasteiger partial charge on any atom is -0.508 e. The Balaban J connectivity index is 1.67. The van der Waals surface area contributed by atoms with Crippen molar-refractivity contribution < 1.29 is 14.3 Å². The lowest BCUT2D eigenvalue weighted by Crippen LogP contribution is -2.46. The van der Waals surface area contributed by atoms with E-state index in [1.807, 2.05) is 24.3 Å². The quantitative estimate of drug-likeness (QED) is 0.232. The highest BCUT2D eigenvalue weighted by molar-refractivity contribution is 6.16. The molecular formula is C24H22FN7O3. The van der Waals surface area contributed by atoms with Crippen LogP contribution in [0.5, 0.6) is 5.75 Å². The average Bonchev–Trinajstić information content (AvgIpc) is 2.82. The second-order valence-corrected chi connectivity index (χ2v) is 8.04. The third-order valence-electron chi connectivity index (χ3n) is 5.59. The highest BCUT2D eigenvalue weighted by atomic mass is 19.1. The standard InChI is InChI=1S/C24H22FN7O3/c1-13(10-30-35)24(34)32-11-17(7-14-4-2-3-5-19(14)32)31-23-20(22(27)28-12-29-23)21(26)15-6-16(25)9-18(33)8-15/h2-6,8-9,12,17,26,33H,1,7,10-11H2,(H3,27,28,29,31). The lowest BCUT2D eigenvalue weighted by molar-refractivity contribution is -0.115. The van der Waals surface area contributed by atoms with Crippen LogP contribution in [-0.2, 0) is 11.2 Å². The van der Waals surface area contributed by atoms with Crippen LogP contribution in [0.4, 0.5) is 21.7 Å². The van der Waals surface area contributed by atoms with Crippen molar-refractivity contribution in [1.82, 2.24) is 9.97 Å². The molecule has 10 nitrogen and oxygen atoms in total. The molecule has 1 amide bonds. The van der Waals surface area contributed by atoms with Crippen LogP contribution in [0.3, 0.4) is 0 Å². The lowest BCUT2D eigenvalue weighted by atomic mass is 9.96. The average molecular weight is 475 g/mol. The number of carbonyl (C=O) groups is 1. The molecule has 3 aromatic rings. The summed E-state index contributed by atoms with van der Waals surface area (Å²) in [6.07, 6.45) is 1.75. The fraction of sp³-hybridized carbons (Fsp3) is 0.167. The monoisotopic (exact) mass is 475 g/mol. The number of amides is 1. The number of para-hydroxylation sites is 1. The molecule has 2 aromatic carbocycles. The van der Waals surface area contributed by atoms with E-state index in [9.17, 15) is 19.2 Å². The number of benzene rings is 2. The van der Waals surface area contributed by atoms with Crippen LogP contribution in [0, 0.1) is 16.1 Å². The number of hydrogen-bond acceptors (Lipinski definition) is 9. The Hall–Kier alpha value is -4.67. The number of nitrogen functional groups attached to an aromatic ring is 1. The summed E-state index contributed by atoms with van der Waals surface area (Å²) in [5.41, 5.74) is 7.74. The first-order valence-electron chi connectivity index (χ1n) is 10.6. The predicted molar refractivity (Wildman–Crippen MR) is 130 cm³/mol. The number of nitroso groups, excluding NO2 is 1. The highest BCUT2D eigenvalue weighted by Crippen LogP contribution is 2.31. The molecular weight excluding hydrogens is 453 g/mol. The normalized spacial score (nSPS) is 14.7. The minimum absolute atomic E-state index is 0.00849. The van der Waals surface area contributed by atoms with Gasteiger partial charge in [0.25, 0.3) is 5.91 Å². The molecule has 1 unspecified atom stereocenters. The number of rotatable bonds is 7. The maximum absolute atomic E-state index is 13.9. The summed E-state index contributed by atoms with van der Waals surface area (Å²) in [5, 5.41) is 24.4. The molecule has 178 valence electrons. The molecule has 11 heteroatoms. The number of aromatic nitrogens is 2. The Morgan fingerprint density at radius 2 is 2.09 bits per heavy atom. The van der Waals surface area contributed by atoms with E-state index in [4.69, 9.17) is 11.1 Å². The fourth-order valence-corrected chi connectivity index (χ4v) is 4.03. The topological polar surface area (TPSA) is 158 Å². The zero-order valence-corrected chi connectivity index (χ0v) is 18.5. The van der Waals surface area contributed by atoms with E-state index in [2.05, 4.69) is 27.0 Å². The van der Waals surface area contributed by atoms with E-state index in [1.165, 1.54) is 17.3 Å². The summed E-state index contributed by atoms with van der Waals surface area (Å²) in [6.45, 7) is 3.57. The van der Waals surface area contributed by atoms with Crippen LogP contribution in [-0.4, -0.2) is 45.8 Å². The van der Waals surface area contributed by atoms with Gasteiger partial charge in [-0.05, 0) is 30.2 Å². The van der Waals surface area contributed by atoms with Crippen molar-refractivity contribution in [2.45, 2.75) is 12.5 Å². The van der Waals surface area contributed by atoms with Gasteiger partial charge >= 0.3 is 0 Å². The Bertz CT molecular complexity index is 1320. The van der Waals surface area contributed by atoms with Crippen molar-refractivity contribution in [1.29, 1.82) is 5.41 Å². The summed E-state index contributed by atoms with van der Waals surface area (Å²) in [6, 6.07) is 10.3. The summed E-state index contributed by atoms with van der Waals surface area (Å²) >= 11 is 0. The number of fused-ring (bicyclic) bond motifs is 1. The fourth-order valence-electron chi connectivity index (χ4n) is 4.03.